The molecule has 90 valence electrons. The van der Waals surface area contributed by atoms with Crippen LogP contribution in [0.25, 0.3) is 0 Å². The minimum Gasteiger partial charge on any atom is -0.380 e. The van der Waals surface area contributed by atoms with Gasteiger partial charge in [-0.25, -0.2) is 4.39 Å². The third-order valence-corrected chi connectivity index (χ3v) is 3.03. The van der Waals surface area contributed by atoms with Gasteiger partial charge in [0.05, 0.1) is 6.10 Å². The van der Waals surface area contributed by atoms with Gasteiger partial charge in [0.1, 0.15) is 5.82 Å². The molecule has 1 aromatic carbocycles. The SMILES string of the molecule is CCC(OC)C(N)Cc1cc(F)cc(Br)c1. The van der Waals surface area contributed by atoms with Crippen LogP contribution in [0.5, 0.6) is 0 Å². The first-order chi connectivity index (χ1) is 7.56. The molecule has 0 saturated heterocycles. The second-order valence-corrected chi connectivity index (χ2v) is 4.74. The molecule has 0 radical (unpaired) electrons. The Kier molecular flexibility index (Phi) is 5.38. The van der Waals surface area contributed by atoms with Crippen molar-refractivity contribution in [3.63, 3.8) is 0 Å². The van der Waals surface area contributed by atoms with E-state index in [1.165, 1.54) is 12.1 Å². The number of benzene rings is 1. The summed E-state index contributed by atoms with van der Waals surface area (Å²) in [5.74, 6) is -0.248. The average Bonchev–Trinajstić information content (AvgIpc) is 2.17. The fraction of sp³-hybridized carbons (Fsp3) is 0.500. The summed E-state index contributed by atoms with van der Waals surface area (Å²) in [6.07, 6.45) is 1.48. The lowest BCUT2D eigenvalue weighted by Gasteiger charge is -2.21. The van der Waals surface area contributed by atoms with Crippen LogP contribution in [-0.4, -0.2) is 19.3 Å². The first-order valence-corrected chi connectivity index (χ1v) is 6.09. The molecule has 2 N–H and O–H groups in total. The molecule has 0 aliphatic heterocycles. The van der Waals surface area contributed by atoms with Crippen molar-refractivity contribution in [2.75, 3.05) is 7.11 Å². The fourth-order valence-electron chi connectivity index (χ4n) is 1.78. The van der Waals surface area contributed by atoms with Gasteiger partial charge in [-0.15, -0.1) is 0 Å². The van der Waals surface area contributed by atoms with Gasteiger partial charge in [0, 0.05) is 17.6 Å². The van der Waals surface area contributed by atoms with Crippen molar-refractivity contribution in [3.8, 4) is 0 Å². The third kappa shape index (κ3) is 3.85. The summed E-state index contributed by atoms with van der Waals surface area (Å²) >= 11 is 3.26. The van der Waals surface area contributed by atoms with E-state index in [0.717, 1.165) is 16.5 Å². The van der Waals surface area contributed by atoms with Gasteiger partial charge in [0.2, 0.25) is 0 Å². The van der Waals surface area contributed by atoms with Gasteiger partial charge in [0.25, 0.3) is 0 Å². The van der Waals surface area contributed by atoms with Crippen LogP contribution in [0.1, 0.15) is 18.9 Å². The zero-order chi connectivity index (χ0) is 12.1. The van der Waals surface area contributed by atoms with E-state index in [0.29, 0.717) is 6.42 Å². The summed E-state index contributed by atoms with van der Waals surface area (Å²) < 4.78 is 19.1. The lowest BCUT2D eigenvalue weighted by Crippen LogP contribution is -2.37. The molecular weight excluding hydrogens is 273 g/mol. The van der Waals surface area contributed by atoms with Gasteiger partial charge in [-0.2, -0.15) is 0 Å². The molecule has 0 spiro atoms. The largest absolute Gasteiger partial charge is 0.380 e. The number of hydrogen-bond donors (Lipinski definition) is 1. The Labute approximate surface area is 104 Å². The predicted octanol–water partition coefficient (Wildman–Crippen LogP) is 2.88. The van der Waals surface area contributed by atoms with Gasteiger partial charge in [-0.1, -0.05) is 22.9 Å². The van der Waals surface area contributed by atoms with E-state index in [-0.39, 0.29) is 18.0 Å². The van der Waals surface area contributed by atoms with E-state index < -0.39 is 0 Å². The summed E-state index contributed by atoms with van der Waals surface area (Å²) in [5, 5.41) is 0. The molecule has 0 heterocycles. The van der Waals surface area contributed by atoms with Crippen LogP contribution in [0.3, 0.4) is 0 Å². The molecule has 0 aliphatic carbocycles. The zero-order valence-corrected chi connectivity index (χ0v) is 11.1. The number of methoxy groups -OCH3 is 1. The van der Waals surface area contributed by atoms with Crippen molar-refractivity contribution in [3.05, 3.63) is 34.1 Å². The number of rotatable bonds is 5. The maximum Gasteiger partial charge on any atom is 0.124 e. The van der Waals surface area contributed by atoms with Crippen LogP contribution in [0, 0.1) is 5.82 Å². The van der Waals surface area contributed by atoms with Crippen LogP contribution in [0.15, 0.2) is 22.7 Å². The molecule has 0 aliphatic rings. The molecule has 0 amide bonds. The highest BCUT2D eigenvalue weighted by Gasteiger charge is 2.16. The van der Waals surface area contributed by atoms with Gasteiger partial charge < -0.3 is 10.5 Å². The Morgan fingerprint density at radius 3 is 2.62 bits per heavy atom. The van der Waals surface area contributed by atoms with Gasteiger partial charge >= 0.3 is 0 Å². The van der Waals surface area contributed by atoms with Crippen LogP contribution >= 0.6 is 15.9 Å². The summed E-state index contributed by atoms with van der Waals surface area (Å²) in [4.78, 5) is 0. The standard InChI is InChI=1S/C12H17BrFNO/c1-3-12(16-2)11(15)6-8-4-9(13)7-10(14)5-8/h4-5,7,11-12H,3,6,15H2,1-2H3. The first kappa shape index (κ1) is 13.6. The van der Waals surface area contributed by atoms with E-state index in [1.54, 1.807) is 7.11 Å². The molecule has 2 atom stereocenters. The van der Waals surface area contributed by atoms with E-state index in [4.69, 9.17) is 10.5 Å². The Morgan fingerprint density at radius 1 is 1.44 bits per heavy atom. The molecule has 4 heteroatoms. The van der Waals surface area contributed by atoms with Crippen LogP contribution in [0.2, 0.25) is 0 Å². The molecule has 2 nitrogen and oxygen atoms in total. The second kappa shape index (κ2) is 6.33. The quantitative estimate of drug-likeness (QED) is 0.905. The molecule has 0 fully saturated rings. The minimum absolute atomic E-state index is 0.0158. The van der Waals surface area contributed by atoms with Crippen molar-refractivity contribution < 1.29 is 9.13 Å². The lowest BCUT2D eigenvalue weighted by atomic mass is 10.0. The number of ether oxygens (including phenoxy) is 1. The fourth-order valence-corrected chi connectivity index (χ4v) is 2.29. The predicted molar refractivity (Wildman–Crippen MR) is 66.9 cm³/mol. The minimum atomic E-state index is -0.248. The van der Waals surface area contributed by atoms with E-state index in [1.807, 2.05) is 13.0 Å². The van der Waals surface area contributed by atoms with Gasteiger partial charge in [-0.05, 0) is 36.6 Å². The highest BCUT2D eigenvalue weighted by molar-refractivity contribution is 9.10. The van der Waals surface area contributed by atoms with Crippen molar-refractivity contribution in [2.24, 2.45) is 5.73 Å². The summed E-state index contributed by atoms with van der Waals surface area (Å²) in [7, 11) is 1.65. The lowest BCUT2D eigenvalue weighted by molar-refractivity contribution is 0.0773. The molecule has 2 unspecified atom stereocenters. The Hall–Kier alpha value is -0.450. The highest BCUT2D eigenvalue weighted by Crippen LogP contribution is 2.17. The third-order valence-electron chi connectivity index (χ3n) is 2.58. The molecule has 0 saturated carbocycles. The molecule has 0 aromatic heterocycles. The molecule has 1 rings (SSSR count). The van der Waals surface area contributed by atoms with Crippen LogP contribution in [-0.2, 0) is 11.2 Å². The Bertz CT molecular complexity index is 322. The van der Waals surface area contributed by atoms with Crippen molar-refractivity contribution in [1.29, 1.82) is 0 Å². The van der Waals surface area contributed by atoms with Crippen molar-refractivity contribution in [1.82, 2.24) is 0 Å². The summed E-state index contributed by atoms with van der Waals surface area (Å²) in [5.41, 5.74) is 6.89. The van der Waals surface area contributed by atoms with Gasteiger partial charge in [0.15, 0.2) is 0 Å². The summed E-state index contributed by atoms with van der Waals surface area (Å²) in [6, 6.07) is 4.71. The number of hydrogen-bond acceptors (Lipinski definition) is 2. The Balaban J connectivity index is 2.72. The van der Waals surface area contributed by atoms with Crippen molar-refractivity contribution >= 4 is 15.9 Å². The number of nitrogens with two attached hydrogens (primary N) is 1. The van der Waals surface area contributed by atoms with E-state index in [9.17, 15) is 4.39 Å². The second-order valence-electron chi connectivity index (χ2n) is 3.83. The normalized spacial score (nSPS) is 14.8. The van der Waals surface area contributed by atoms with Crippen molar-refractivity contribution in [2.45, 2.75) is 31.9 Å². The molecule has 0 bridgehead atoms. The maximum atomic E-state index is 13.1. The van der Waals surface area contributed by atoms with Crippen LogP contribution < -0.4 is 5.73 Å². The topological polar surface area (TPSA) is 35.2 Å². The maximum absolute atomic E-state index is 13.1. The Morgan fingerprint density at radius 2 is 2.12 bits per heavy atom. The van der Waals surface area contributed by atoms with E-state index in [2.05, 4.69) is 15.9 Å². The monoisotopic (exact) mass is 289 g/mol. The number of halogens is 2. The average molecular weight is 290 g/mol. The first-order valence-electron chi connectivity index (χ1n) is 5.30. The smallest absolute Gasteiger partial charge is 0.124 e. The molecular formula is C12H17BrFNO. The zero-order valence-electron chi connectivity index (χ0n) is 9.54. The molecule has 1 aromatic rings. The summed E-state index contributed by atoms with van der Waals surface area (Å²) in [6.45, 7) is 2.02. The van der Waals surface area contributed by atoms with E-state index >= 15 is 0 Å². The van der Waals surface area contributed by atoms with Crippen LogP contribution in [0.4, 0.5) is 4.39 Å². The van der Waals surface area contributed by atoms with Gasteiger partial charge in [-0.3, -0.25) is 0 Å². The highest BCUT2D eigenvalue weighted by atomic mass is 79.9. The molecule has 16 heavy (non-hydrogen) atoms.